The number of nitrogens with zero attached hydrogens (tertiary/aromatic N) is 1. The van der Waals surface area contributed by atoms with Crippen molar-refractivity contribution in [3.8, 4) is 0 Å². The van der Waals surface area contributed by atoms with Crippen molar-refractivity contribution in [3.05, 3.63) is 17.2 Å². The number of hydrogen-bond acceptors (Lipinski definition) is 2. The lowest BCUT2D eigenvalue weighted by Gasteiger charge is -2.22. The molecule has 2 heterocycles. The SMILES string of the molecule is Cc1[nH]c(C(C)C)nc1CC1CCCNC1. The molecule has 0 spiro atoms. The Kier molecular flexibility index (Phi) is 3.64. The predicted molar refractivity (Wildman–Crippen MR) is 66.7 cm³/mol. The quantitative estimate of drug-likeness (QED) is 0.822. The molecule has 1 fully saturated rings. The van der Waals surface area contributed by atoms with E-state index in [-0.39, 0.29) is 0 Å². The average molecular weight is 221 g/mol. The third-order valence-electron chi connectivity index (χ3n) is 3.43. The van der Waals surface area contributed by atoms with Crippen LogP contribution in [-0.4, -0.2) is 23.1 Å². The second kappa shape index (κ2) is 5.00. The Labute approximate surface area is 98.1 Å². The summed E-state index contributed by atoms with van der Waals surface area (Å²) < 4.78 is 0. The van der Waals surface area contributed by atoms with Gasteiger partial charge in [0.1, 0.15) is 5.82 Å². The van der Waals surface area contributed by atoms with Crippen LogP contribution in [0.4, 0.5) is 0 Å². The number of piperidine rings is 1. The second-order valence-electron chi connectivity index (χ2n) is 5.26. The van der Waals surface area contributed by atoms with E-state index in [1.807, 2.05) is 0 Å². The molecule has 2 N–H and O–H groups in total. The Morgan fingerprint density at radius 3 is 2.81 bits per heavy atom. The van der Waals surface area contributed by atoms with E-state index in [0.29, 0.717) is 5.92 Å². The molecule has 1 aromatic heterocycles. The zero-order valence-corrected chi connectivity index (χ0v) is 10.6. The molecule has 0 bridgehead atoms. The van der Waals surface area contributed by atoms with E-state index < -0.39 is 0 Å². The van der Waals surface area contributed by atoms with Gasteiger partial charge in [0.15, 0.2) is 0 Å². The van der Waals surface area contributed by atoms with E-state index in [1.54, 1.807) is 0 Å². The van der Waals surface area contributed by atoms with Crippen LogP contribution in [0.5, 0.6) is 0 Å². The highest BCUT2D eigenvalue weighted by Gasteiger charge is 2.17. The number of aromatic amines is 1. The Morgan fingerprint density at radius 1 is 1.44 bits per heavy atom. The van der Waals surface area contributed by atoms with E-state index >= 15 is 0 Å². The third-order valence-corrected chi connectivity index (χ3v) is 3.43. The van der Waals surface area contributed by atoms with Crippen LogP contribution in [-0.2, 0) is 6.42 Å². The minimum atomic E-state index is 0.497. The molecule has 0 saturated carbocycles. The summed E-state index contributed by atoms with van der Waals surface area (Å²) in [5.74, 6) is 2.41. The van der Waals surface area contributed by atoms with Crippen molar-refractivity contribution in [3.63, 3.8) is 0 Å². The summed E-state index contributed by atoms with van der Waals surface area (Å²) in [7, 11) is 0. The molecule has 90 valence electrons. The first-order chi connectivity index (χ1) is 7.66. The van der Waals surface area contributed by atoms with E-state index in [0.717, 1.165) is 24.7 Å². The van der Waals surface area contributed by atoms with Gasteiger partial charge in [0, 0.05) is 11.6 Å². The lowest BCUT2D eigenvalue weighted by Crippen LogP contribution is -2.31. The first kappa shape index (κ1) is 11.6. The Bertz CT molecular complexity index is 335. The van der Waals surface area contributed by atoms with Crippen molar-refractivity contribution in [2.24, 2.45) is 5.92 Å². The van der Waals surface area contributed by atoms with Gasteiger partial charge in [0.25, 0.3) is 0 Å². The molecule has 1 atom stereocenters. The third kappa shape index (κ3) is 2.64. The van der Waals surface area contributed by atoms with Gasteiger partial charge in [-0.15, -0.1) is 0 Å². The van der Waals surface area contributed by atoms with Crippen LogP contribution in [0.1, 0.15) is 49.8 Å². The largest absolute Gasteiger partial charge is 0.346 e. The first-order valence-electron chi connectivity index (χ1n) is 6.43. The number of hydrogen-bond donors (Lipinski definition) is 2. The fourth-order valence-corrected chi connectivity index (χ4v) is 2.37. The second-order valence-corrected chi connectivity index (χ2v) is 5.26. The van der Waals surface area contributed by atoms with Crippen molar-refractivity contribution in [1.29, 1.82) is 0 Å². The molecule has 0 radical (unpaired) electrons. The lowest BCUT2D eigenvalue weighted by molar-refractivity contribution is 0.373. The summed E-state index contributed by atoms with van der Waals surface area (Å²) >= 11 is 0. The predicted octanol–water partition coefficient (Wildman–Crippen LogP) is 2.38. The van der Waals surface area contributed by atoms with Gasteiger partial charge < -0.3 is 10.3 Å². The highest BCUT2D eigenvalue weighted by atomic mass is 14.9. The van der Waals surface area contributed by atoms with Crippen LogP contribution < -0.4 is 5.32 Å². The van der Waals surface area contributed by atoms with E-state index in [4.69, 9.17) is 4.98 Å². The summed E-state index contributed by atoms with van der Waals surface area (Å²) in [6.45, 7) is 8.86. The molecule has 0 aliphatic carbocycles. The highest BCUT2D eigenvalue weighted by Crippen LogP contribution is 2.19. The first-order valence-corrected chi connectivity index (χ1v) is 6.43. The minimum absolute atomic E-state index is 0.497. The van der Waals surface area contributed by atoms with Crippen molar-refractivity contribution < 1.29 is 0 Å². The summed E-state index contributed by atoms with van der Waals surface area (Å²) in [6.07, 6.45) is 3.78. The van der Waals surface area contributed by atoms with Crippen molar-refractivity contribution >= 4 is 0 Å². The molecular weight excluding hydrogens is 198 g/mol. The maximum absolute atomic E-state index is 4.72. The molecule has 2 rings (SSSR count). The summed E-state index contributed by atoms with van der Waals surface area (Å²) in [4.78, 5) is 8.12. The number of nitrogens with one attached hydrogen (secondary N) is 2. The molecule has 0 amide bonds. The molecule has 1 aliphatic rings. The van der Waals surface area contributed by atoms with Crippen LogP contribution in [0.15, 0.2) is 0 Å². The molecule has 1 aromatic rings. The summed E-state index contributed by atoms with van der Waals surface area (Å²) in [5.41, 5.74) is 2.53. The van der Waals surface area contributed by atoms with Gasteiger partial charge in [-0.05, 0) is 45.2 Å². The molecule has 3 nitrogen and oxygen atoms in total. The smallest absolute Gasteiger partial charge is 0.109 e. The number of imidazole rings is 1. The van der Waals surface area contributed by atoms with Gasteiger partial charge >= 0.3 is 0 Å². The fourth-order valence-electron chi connectivity index (χ4n) is 2.37. The summed E-state index contributed by atoms with van der Waals surface area (Å²) in [6, 6.07) is 0. The Morgan fingerprint density at radius 2 is 2.25 bits per heavy atom. The number of rotatable bonds is 3. The highest BCUT2D eigenvalue weighted by molar-refractivity contribution is 5.15. The molecule has 1 saturated heterocycles. The van der Waals surface area contributed by atoms with E-state index in [1.165, 1.54) is 30.8 Å². The van der Waals surface area contributed by atoms with Crippen molar-refractivity contribution in [2.75, 3.05) is 13.1 Å². The van der Waals surface area contributed by atoms with Crippen LogP contribution in [0.25, 0.3) is 0 Å². The van der Waals surface area contributed by atoms with E-state index in [2.05, 4.69) is 31.1 Å². The molecule has 16 heavy (non-hydrogen) atoms. The average Bonchev–Trinajstić information content (AvgIpc) is 2.62. The van der Waals surface area contributed by atoms with Crippen molar-refractivity contribution in [1.82, 2.24) is 15.3 Å². The van der Waals surface area contributed by atoms with Gasteiger partial charge in [0.2, 0.25) is 0 Å². The molecule has 0 aromatic carbocycles. The van der Waals surface area contributed by atoms with Gasteiger partial charge in [-0.3, -0.25) is 0 Å². The number of H-pyrrole nitrogens is 1. The lowest BCUT2D eigenvalue weighted by atomic mass is 9.94. The van der Waals surface area contributed by atoms with Crippen LogP contribution in [0, 0.1) is 12.8 Å². The van der Waals surface area contributed by atoms with Crippen LogP contribution >= 0.6 is 0 Å². The summed E-state index contributed by atoms with van der Waals surface area (Å²) in [5, 5.41) is 3.47. The zero-order chi connectivity index (χ0) is 11.5. The number of aryl methyl sites for hydroxylation is 1. The molecule has 1 unspecified atom stereocenters. The zero-order valence-electron chi connectivity index (χ0n) is 10.6. The van der Waals surface area contributed by atoms with Gasteiger partial charge in [-0.1, -0.05) is 13.8 Å². The van der Waals surface area contributed by atoms with Gasteiger partial charge in [-0.25, -0.2) is 4.98 Å². The van der Waals surface area contributed by atoms with Gasteiger partial charge in [-0.2, -0.15) is 0 Å². The van der Waals surface area contributed by atoms with Crippen molar-refractivity contribution in [2.45, 2.75) is 46.0 Å². The van der Waals surface area contributed by atoms with Gasteiger partial charge in [0.05, 0.1) is 5.69 Å². The molecule has 1 aliphatic heterocycles. The monoisotopic (exact) mass is 221 g/mol. The molecular formula is C13H23N3. The maximum Gasteiger partial charge on any atom is 0.109 e. The normalized spacial score (nSPS) is 21.6. The topological polar surface area (TPSA) is 40.7 Å². The standard InChI is InChI=1S/C13H23N3/c1-9(2)13-15-10(3)12(16-13)7-11-5-4-6-14-8-11/h9,11,14H,4-8H2,1-3H3,(H,15,16). The van der Waals surface area contributed by atoms with Crippen LogP contribution in [0.2, 0.25) is 0 Å². The maximum atomic E-state index is 4.72. The fraction of sp³-hybridized carbons (Fsp3) is 0.769. The minimum Gasteiger partial charge on any atom is -0.346 e. The molecule has 3 heteroatoms. The Balaban J connectivity index is 2.02. The van der Waals surface area contributed by atoms with E-state index in [9.17, 15) is 0 Å². The van der Waals surface area contributed by atoms with Crippen LogP contribution in [0.3, 0.4) is 0 Å². The number of aromatic nitrogens is 2. The Hall–Kier alpha value is -0.830.